The topological polar surface area (TPSA) is 105 Å². The predicted molar refractivity (Wildman–Crippen MR) is 123 cm³/mol. The summed E-state index contributed by atoms with van der Waals surface area (Å²) in [7, 11) is 0. The van der Waals surface area contributed by atoms with E-state index in [1.165, 1.54) is 0 Å². The third kappa shape index (κ3) is 9.09. The molecule has 7 heteroatoms. The molecule has 2 N–H and O–H groups in total. The highest BCUT2D eigenvalue weighted by Gasteiger charge is 2.42. The van der Waals surface area contributed by atoms with Gasteiger partial charge in [0.1, 0.15) is 12.4 Å². The summed E-state index contributed by atoms with van der Waals surface area (Å²) in [5.41, 5.74) is 0. The van der Waals surface area contributed by atoms with Gasteiger partial charge in [-0.25, -0.2) is 0 Å². The van der Waals surface area contributed by atoms with Gasteiger partial charge in [-0.15, -0.1) is 0 Å². The summed E-state index contributed by atoms with van der Waals surface area (Å²) in [6.45, 7) is 3.84. The molecular weight excluding hydrogens is 410 g/mol. The van der Waals surface area contributed by atoms with Crippen molar-refractivity contribution in [1.29, 1.82) is 0 Å². The van der Waals surface area contributed by atoms with Crippen molar-refractivity contribution in [3.63, 3.8) is 0 Å². The maximum atomic E-state index is 11.5. The first-order valence-corrected chi connectivity index (χ1v) is 11.6. The van der Waals surface area contributed by atoms with Crippen LogP contribution in [0.1, 0.15) is 58.8 Å². The molecular formula is C25H37NO6. The molecule has 1 unspecified atom stereocenters. The van der Waals surface area contributed by atoms with Gasteiger partial charge in [-0.05, 0) is 76.3 Å². The summed E-state index contributed by atoms with van der Waals surface area (Å²) in [4.78, 5) is 22.9. The number of ether oxygens (including phenoxy) is 2. The molecule has 1 aromatic rings. The highest BCUT2D eigenvalue weighted by atomic mass is 16.5. The van der Waals surface area contributed by atoms with Crippen LogP contribution in [0.3, 0.4) is 0 Å². The molecule has 32 heavy (non-hydrogen) atoms. The Balaban J connectivity index is 1.75. The van der Waals surface area contributed by atoms with Crippen LogP contribution in [0.5, 0.6) is 5.75 Å². The number of allylic oxidation sites excluding steroid dienone is 2. The number of rotatable bonds is 14. The summed E-state index contributed by atoms with van der Waals surface area (Å²) in [6, 6.07) is 8.90. The molecule has 0 amide bonds. The Morgan fingerprint density at radius 1 is 1.16 bits per heavy atom. The first kappa shape index (κ1) is 26.0. The molecule has 5 atom stereocenters. The number of esters is 1. The molecule has 0 spiro atoms. The van der Waals surface area contributed by atoms with Gasteiger partial charge in [-0.3, -0.25) is 4.79 Å². The molecule has 7 nitrogen and oxygen atoms in total. The predicted octanol–water partition coefficient (Wildman–Crippen LogP) is 4.41. The first-order valence-electron chi connectivity index (χ1n) is 11.6. The van der Waals surface area contributed by atoms with Crippen molar-refractivity contribution in [3.8, 4) is 5.75 Å². The van der Waals surface area contributed by atoms with E-state index >= 15 is 0 Å². The smallest absolute Gasteiger partial charge is 0.306 e. The quantitative estimate of drug-likeness (QED) is 0.249. The lowest BCUT2D eigenvalue weighted by Gasteiger charge is -2.24. The van der Waals surface area contributed by atoms with E-state index in [1.807, 2.05) is 56.3 Å². The van der Waals surface area contributed by atoms with Gasteiger partial charge in [0.15, 0.2) is 0 Å². The molecule has 0 bridgehead atoms. The fourth-order valence-electron chi connectivity index (χ4n) is 4.33. The molecule has 1 aliphatic rings. The van der Waals surface area contributed by atoms with Gasteiger partial charge in [0.25, 0.3) is 0 Å². The van der Waals surface area contributed by atoms with Crippen LogP contribution in [0, 0.1) is 16.7 Å². The molecule has 178 valence electrons. The summed E-state index contributed by atoms with van der Waals surface area (Å²) in [5, 5.41) is 24.0. The van der Waals surface area contributed by atoms with Gasteiger partial charge in [0.2, 0.25) is 0 Å². The van der Waals surface area contributed by atoms with Crippen molar-refractivity contribution in [2.75, 3.05) is 6.61 Å². The average molecular weight is 448 g/mol. The van der Waals surface area contributed by atoms with E-state index in [2.05, 4.69) is 5.18 Å². The first-order chi connectivity index (χ1) is 15.4. The maximum Gasteiger partial charge on any atom is 0.306 e. The van der Waals surface area contributed by atoms with Crippen LogP contribution < -0.4 is 4.74 Å². The second kappa shape index (κ2) is 14.0. The molecule has 1 aromatic carbocycles. The van der Waals surface area contributed by atoms with E-state index in [1.54, 1.807) is 0 Å². The van der Waals surface area contributed by atoms with Crippen molar-refractivity contribution in [3.05, 3.63) is 47.4 Å². The molecule has 1 saturated carbocycles. The lowest BCUT2D eigenvalue weighted by molar-refractivity contribution is -0.147. The van der Waals surface area contributed by atoms with Crippen LogP contribution in [-0.2, 0) is 9.53 Å². The number of carbonyl (C=O) groups excluding carboxylic acids is 1. The fraction of sp³-hybridized carbons (Fsp3) is 0.640. The standard InChI is InChI=1S/C25H37NO6/c1-18(2)32-25(29)13-9-4-3-8-12-22-21(23(26-30)16-24(22)28)15-14-19(27)17-31-20-10-6-5-7-11-20/h3-7,10-11,18-19,21-24,27-28H,8-9,12-17H2,1-2H3/t19-,21-,22-,23?,24+/m1/s1. The zero-order valence-electron chi connectivity index (χ0n) is 19.1. The Hall–Kier alpha value is -2.25. The number of para-hydroxylation sites is 1. The number of aliphatic hydroxyl groups is 2. The fourth-order valence-corrected chi connectivity index (χ4v) is 4.33. The van der Waals surface area contributed by atoms with Gasteiger partial charge >= 0.3 is 5.97 Å². The number of carbonyl (C=O) groups is 1. The molecule has 2 rings (SSSR count). The van der Waals surface area contributed by atoms with Crippen molar-refractivity contribution in [1.82, 2.24) is 0 Å². The SMILES string of the molecule is CC(C)OC(=O)CCC=CCC[C@H]1[C@@H](O)CC(N=O)[C@@H]1CC[C@@H](O)COc1ccccc1. The third-order valence-corrected chi connectivity index (χ3v) is 5.89. The van der Waals surface area contributed by atoms with Crippen LogP contribution in [0.15, 0.2) is 47.7 Å². The van der Waals surface area contributed by atoms with Crippen molar-refractivity contribution < 1.29 is 24.5 Å². The lowest BCUT2D eigenvalue weighted by Crippen LogP contribution is -2.25. The third-order valence-electron chi connectivity index (χ3n) is 5.89. The minimum atomic E-state index is -0.647. The van der Waals surface area contributed by atoms with E-state index < -0.39 is 18.2 Å². The van der Waals surface area contributed by atoms with Gasteiger partial charge in [-0.2, -0.15) is 4.91 Å². The Labute approximate surface area is 190 Å². The second-order valence-electron chi connectivity index (χ2n) is 8.78. The molecule has 0 aliphatic heterocycles. The van der Waals surface area contributed by atoms with E-state index in [9.17, 15) is 19.9 Å². The minimum Gasteiger partial charge on any atom is -0.491 e. The van der Waals surface area contributed by atoms with Crippen LogP contribution in [0.4, 0.5) is 0 Å². The van der Waals surface area contributed by atoms with Gasteiger partial charge in [0.05, 0.1) is 24.4 Å². The van der Waals surface area contributed by atoms with Crippen LogP contribution in [0.2, 0.25) is 0 Å². The van der Waals surface area contributed by atoms with Gasteiger partial charge in [-0.1, -0.05) is 35.5 Å². The molecule has 0 aromatic heterocycles. The second-order valence-corrected chi connectivity index (χ2v) is 8.78. The zero-order chi connectivity index (χ0) is 23.3. The number of nitrogens with zero attached hydrogens (tertiary/aromatic N) is 1. The number of aliphatic hydroxyl groups excluding tert-OH is 2. The Kier molecular flexibility index (Phi) is 11.4. The number of hydrogen-bond acceptors (Lipinski definition) is 7. The molecule has 1 fully saturated rings. The largest absolute Gasteiger partial charge is 0.491 e. The van der Waals surface area contributed by atoms with Gasteiger partial charge < -0.3 is 19.7 Å². The summed E-state index contributed by atoms with van der Waals surface area (Å²) in [6.07, 6.45) is 6.59. The van der Waals surface area contributed by atoms with E-state index in [-0.39, 0.29) is 30.5 Å². The molecule has 0 saturated heterocycles. The van der Waals surface area contributed by atoms with Crippen LogP contribution in [0.25, 0.3) is 0 Å². The van der Waals surface area contributed by atoms with Gasteiger partial charge in [0, 0.05) is 6.42 Å². The number of benzene rings is 1. The van der Waals surface area contributed by atoms with Crippen LogP contribution in [-0.4, -0.2) is 47.1 Å². The Bertz CT molecular complexity index is 708. The number of nitroso groups, excluding NO2 is 1. The summed E-state index contributed by atoms with van der Waals surface area (Å²) in [5.74, 6) is 0.418. The zero-order valence-corrected chi connectivity index (χ0v) is 19.1. The Morgan fingerprint density at radius 2 is 1.88 bits per heavy atom. The average Bonchev–Trinajstić information content (AvgIpc) is 3.07. The maximum absolute atomic E-state index is 11.5. The highest BCUT2D eigenvalue weighted by molar-refractivity contribution is 5.69. The monoisotopic (exact) mass is 447 g/mol. The van der Waals surface area contributed by atoms with Crippen LogP contribution >= 0.6 is 0 Å². The lowest BCUT2D eigenvalue weighted by atomic mass is 9.85. The molecule has 1 aliphatic carbocycles. The minimum absolute atomic E-state index is 0.0319. The summed E-state index contributed by atoms with van der Waals surface area (Å²) >= 11 is 0. The highest BCUT2D eigenvalue weighted by Crippen LogP contribution is 2.40. The number of hydrogen-bond donors (Lipinski definition) is 2. The van der Waals surface area contributed by atoms with Crippen molar-refractivity contribution in [2.24, 2.45) is 17.0 Å². The van der Waals surface area contributed by atoms with E-state index in [4.69, 9.17) is 9.47 Å². The van der Waals surface area contributed by atoms with E-state index in [0.29, 0.717) is 37.9 Å². The normalized spacial score (nSPS) is 24.0. The molecule has 0 radical (unpaired) electrons. The van der Waals surface area contributed by atoms with Crippen molar-refractivity contribution >= 4 is 5.97 Å². The van der Waals surface area contributed by atoms with E-state index in [0.717, 1.165) is 12.8 Å². The molecule has 0 heterocycles. The summed E-state index contributed by atoms with van der Waals surface area (Å²) < 4.78 is 10.7. The van der Waals surface area contributed by atoms with Crippen molar-refractivity contribution in [2.45, 2.75) is 83.1 Å². The Morgan fingerprint density at radius 3 is 2.56 bits per heavy atom.